The number of hydrogen-bond acceptors (Lipinski definition) is 3. The third kappa shape index (κ3) is 3.42. The number of rotatable bonds is 3. The van der Waals surface area contributed by atoms with Crippen molar-refractivity contribution in [3.8, 4) is 0 Å². The van der Waals surface area contributed by atoms with Crippen LogP contribution in [0.2, 0.25) is 0 Å². The summed E-state index contributed by atoms with van der Waals surface area (Å²) in [5.74, 6) is 0.0776. The van der Waals surface area contributed by atoms with Gasteiger partial charge in [0, 0.05) is 24.6 Å². The summed E-state index contributed by atoms with van der Waals surface area (Å²) in [4.78, 5) is 12.3. The molecule has 1 aliphatic rings. The smallest absolute Gasteiger partial charge is 0.211 e. The van der Waals surface area contributed by atoms with E-state index in [4.69, 9.17) is 0 Å². The standard InChI is InChI=1S/C14H19NO3S/c1-11-3-5-12(6-4-11)14(16)13-7-9-15(10-8-13)19(2,17)18/h3-6,13H,7-10H2,1-2H3. The van der Waals surface area contributed by atoms with E-state index in [-0.39, 0.29) is 11.7 Å². The van der Waals surface area contributed by atoms with Gasteiger partial charge in [0.25, 0.3) is 0 Å². The van der Waals surface area contributed by atoms with Gasteiger partial charge in [-0.2, -0.15) is 0 Å². The Balaban J connectivity index is 2.02. The molecule has 5 heteroatoms. The lowest BCUT2D eigenvalue weighted by atomic mass is 9.89. The Morgan fingerprint density at radius 1 is 1.16 bits per heavy atom. The van der Waals surface area contributed by atoms with Crippen LogP contribution in [-0.2, 0) is 10.0 Å². The summed E-state index contributed by atoms with van der Waals surface area (Å²) in [6, 6.07) is 7.55. The van der Waals surface area contributed by atoms with E-state index >= 15 is 0 Å². The Labute approximate surface area is 114 Å². The summed E-state index contributed by atoms with van der Waals surface area (Å²) in [6.07, 6.45) is 2.44. The highest BCUT2D eigenvalue weighted by Crippen LogP contribution is 2.23. The average Bonchev–Trinajstić information content (AvgIpc) is 2.38. The monoisotopic (exact) mass is 281 g/mol. The van der Waals surface area contributed by atoms with E-state index in [2.05, 4.69) is 0 Å². The fraction of sp³-hybridized carbons (Fsp3) is 0.500. The molecule has 0 unspecified atom stereocenters. The van der Waals surface area contributed by atoms with Gasteiger partial charge in [-0.25, -0.2) is 12.7 Å². The van der Waals surface area contributed by atoms with E-state index in [1.165, 1.54) is 10.6 Å². The molecule has 0 atom stereocenters. The fourth-order valence-corrected chi connectivity index (χ4v) is 3.28. The fourth-order valence-electron chi connectivity index (χ4n) is 2.40. The number of sulfonamides is 1. The van der Waals surface area contributed by atoms with Crippen molar-refractivity contribution in [1.29, 1.82) is 0 Å². The number of aryl methyl sites for hydroxylation is 1. The van der Waals surface area contributed by atoms with Gasteiger partial charge in [0.2, 0.25) is 10.0 Å². The highest BCUT2D eigenvalue weighted by Gasteiger charge is 2.29. The van der Waals surface area contributed by atoms with Crippen molar-refractivity contribution in [1.82, 2.24) is 4.31 Å². The summed E-state index contributed by atoms with van der Waals surface area (Å²) in [6.45, 7) is 2.88. The van der Waals surface area contributed by atoms with Crippen LogP contribution in [0.4, 0.5) is 0 Å². The number of carbonyl (C=O) groups is 1. The Kier molecular flexibility index (Phi) is 4.06. The van der Waals surface area contributed by atoms with Crippen LogP contribution in [0.1, 0.15) is 28.8 Å². The third-order valence-corrected chi connectivity index (χ3v) is 4.93. The molecule has 0 amide bonds. The molecule has 2 rings (SSSR count). The highest BCUT2D eigenvalue weighted by molar-refractivity contribution is 7.88. The molecule has 104 valence electrons. The molecule has 1 saturated heterocycles. The maximum absolute atomic E-state index is 12.3. The molecule has 1 heterocycles. The van der Waals surface area contributed by atoms with E-state index < -0.39 is 10.0 Å². The van der Waals surface area contributed by atoms with Crippen molar-refractivity contribution in [3.05, 3.63) is 35.4 Å². The zero-order valence-corrected chi connectivity index (χ0v) is 12.1. The molecule has 1 aliphatic heterocycles. The van der Waals surface area contributed by atoms with E-state index in [0.29, 0.717) is 25.9 Å². The average molecular weight is 281 g/mol. The van der Waals surface area contributed by atoms with Crippen molar-refractivity contribution in [3.63, 3.8) is 0 Å². The summed E-state index contributed by atoms with van der Waals surface area (Å²) >= 11 is 0. The molecule has 0 saturated carbocycles. The van der Waals surface area contributed by atoms with Crippen LogP contribution in [0.3, 0.4) is 0 Å². The van der Waals surface area contributed by atoms with E-state index in [9.17, 15) is 13.2 Å². The van der Waals surface area contributed by atoms with Crippen LogP contribution in [0.25, 0.3) is 0 Å². The second-order valence-electron chi connectivity index (χ2n) is 5.17. The van der Waals surface area contributed by atoms with Crippen LogP contribution >= 0.6 is 0 Å². The molecule has 0 radical (unpaired) electrons. The Morgan fingerprint density at radius 3 is 2.16 bits per heavy atom. The lowest BCUT2D eigenvalue weighted by molar-refractivity contribution is 0.0875. The van der Waals surface area contributed by atoms with Crippen LogP contribution < -0.4 is 0 Å². The molecule has 1 fully saturated rings. The second kappa shape index (κ2) is 5.43. The normalized spacial score (nSPS) is 18.4. The first-order valence-corrected chi connectivity index (χ1v) is 8.29. The van der Waals surface area contributed by atoms with Crippen LogP contribution in [0.15, 0.2) is 24.3 Å². The molecular formula is C14H19NO3S. The van der Waals surface area contributed by atoms with Gasteiger partial charge >= 0.3 is 0 Å². The van der Waals surface area contributed by atoms with Crippen molar-refractivity contribution in [2.45, 2.75) is 19.8 Å². The minimum absolute atomic E-state index is 0.0549. The molecular weight excluding hydrogens is 262 g/mol. The number of ketones is 1. The Morgan fingerprint density at radius 2 is 1.68 bits per heavy atom. The van der Waals surface area contributed by atoms with E-state index in [1.54, 1.807) is 0 Å². The van der Waals surface area contributed by atoms with E-state index in [0.717, 1.165) is 11.1 Å². The van der Waals surface area contributed by atoms with Crippen molar-refractivity contribution < 1.29 is 13.2 Å². The number of nitrogens with zero attached hydrogens (tertiary/aromatic N) is 1. The molecule has 1 aromatic rings. The lowest BCUT2D eigenvalue weighted by Gasteiger charge is -2.29. The number of carbonyl (C=O) groups excluding carboxylic acids is 1. The molecule has 4 nitrogen and oxygen atoms in total. The predicted molar refractivity (Wildman–Crippen MR) is 74.7 cm³/mol. The molecule has 0 N–H and O–H groups in total. The van der Waals surface area contributed by atoms with Crippen molar-refractivity contribution in [2.75, 3.05) is 19.3 Å². The summed E-state index contributed by atoms with van der Waals surface area (Å²) in [5, 5.41) is 0. The molecule has 0 bridgehead atoms. The maximum Gasteiger partial charge on any atom is 0.211 e. The first kappa shape index (κ1) is 14.2. The molecule has 1 aromatic carbocycles. The van der Waals surface area contributed by atoms with Gasteiger partial charge in [-0.1, -0.05) is 29.8 Å². The molecule has 19 heavy (non-hydrogen) atoms. The zero-order chi connectivity index (χ0) is 14.0. The molecule has 0 aromatic heterocycles. The topological polar surface area (TPSA) is 54.5 Å². The quantitative estimate of drug-likeness (QED) is 0.795. The zero-order valence-electron chi connectivity index (χ0n) is 11.3. The highest BCUT2D eigenvalue weighted by atomic mass is 32.2. The van der Waals surface area contributed by atoms with Gasteiger partial charge in [-0.3, -0.25) is 4.79 Å². The summed E-state index contributed by atoms with van der Waals surface area (Å²) in [7, 11) is -3.12. The van der Waals surface area contributed by atoms with Gasteiger partial charge in [0.05, 0.1) is 6.26 Å². The minimum atomic E-state index is -3.12. The minimum Gasteiger partial charge on any atom is -0.294 e. The maximum atomic E-state index is 12.3. The summed E-state index contributed by atoms with van der Waals surface area (Å²) < 4.78 is 24.3. The second-order valence-corrected chi connectivity index (χ2v) is 7.15. The molecule has 0 spiro atoms. The van der Waals surface area contributed by atoms with Gasteiger partial charge in [-0.15, -0.1) is 0 Å². The largest absolute Gasteiger partial charge is 0.294 e. The Hall–Kier alpha value is -1.20. The van der Waals surface area contributed by atoms with Crippen molar-refractivity contribution >= 4 is 15.8 Å². The van der Waals surface area contributed by atoms with Crippen LogP contribution in [0, 0.1) is 12.8 Å². The number of piperidine rings is 1. The third-order valence-electron chi connectivity index (χ3n) is 3.63. The number of benzene rings is 1. The van der Waals surface area contributed by atoms with Crippen molar-refractivity contribution in [2.24, 2.45) is 5.92 Å². The van der Waals surface area contributed by atoms with Crippen LogP contribution in [0.5, 0.6) is 0 Å². The van der Waals surface area contributed by atoms with E-state index in [1.807, 2.05) is 31.2 Å². The number of hydrogen-bond donors (Lipinski definition) is 0. The van der Waals surface area contributed by atoms with Crippen LogP contribution in [-0.4, -0.2) is 37.9 Å². The SMILES string of the molecule is Cc1ccc(C(=O)C2CCN(S(C)(=O)=O)CC2)cc1. The predicted octanol–water partition coefficient (Wildman–Crippen LogP) is 1.85. The van der Waals surface area contributed by atoms with Gasteiger partial charge in [0.1, 0.15) is 0 Å². The lowest BCUT2D eigenvalue weighted by Crippen LogP contribution is -2.39. The van der Waals surface area contributed by atoms with Gasteiger partial charge in [0.15, 0.2) is 5.78 Å². The van der Waals surface area contributed by atoms with Gasteiger partial charge in [-0.05, 0) is 19.8 Å². The Bertz CT molecular complexity index is 555. The first-order valence-electron chi connectivity index (χ1n) is 6.44. The first-order chi connectivity index (χ1) is 8.88. The molecule has 0 aliphatic carbocycles. The van der Waals surface area contributed by atoms with Gasteiger partial charge < -0.3 is 0 Å². The summed E-state index contributed by atoms with van der Waals surface area (Å²) in [5.41, 5.74) is 1.85. The number of Topliss-reactive ketones (excluding diaryl/α,β-unsaturated/α-hetero) is 1.